The van der Waals surface area contributed by atoms with E-state index in [0.717, 1.165) is 12.1 Å². The Balaban J connectivity index is 2.41. The number of anilines is 1. The van der Waals surface area contributed by atoms with Crippen LogP contribution in [0.3, 0.4) is 0 Å². The van der Waals surface area contributed by atoms with Gasteiger partial charge in [-0.2, -0.15) is 0 Å². The van der Waals surface area contributed by atoms with E-state index in [1.807, 2.05) is 4.72 Å². The van der Waals surface area contributed by atoms with Gasteiger partial charge in [0, 0.05) is 12.1 Å². The molecule has 0 aliphatic carbocycles. The van der Waals surface area contributed by atoms with Crippen LogP contribution in [0.4, 0.5) is 20.2 Å². The predicted octanol–water partition coefficient (Wildman–Crippen LogP) is 3.33. The first-order valence-corrected chi connectivity index (χ1v) is 7.48. The Bertz CT molecular complexity index is 838. The molecule has 116 valence electrons. The molecule has 1 N–H and O–H groups in total. The lowest BCUT2D eigenvalue weighted by Gasteiger charge is -2.08. The summed E-state index contributed by atoms with van der Waals surface area (Å²) in [5.41, 5.74) is -0.673. The number of nitrogens with zero attached hydrogens (tertiary/aromatic N) is 1. The Labute approximate surface area is 128 Å². The molecule has 0 aliphatic heterocycles. The summed E-state index contributed by atoms with van der Waals surface area (Å²) in [5, 5.41) is 10.6. The van der Waals surface area contributed by atoms with Crippen LogP contribution in [-0.2, 0) is 10.0 Å². The van der Waals surface area contributed by atoms with Crippen molar-refractivity contribution in [3.63, 3.8) is 0 Å². The highest BCUT2D eigenvalue weighted by molar-refractivity contribution is 7.92. The second-order valence-electron chi connectivity index (χ2n) is 4.13. The maximum Gasteiger partial charge on any atom is 0.289 e. The molecule has 0 aromatic heterocycles. The minimum Gasteiger partial charge on any atom is -0.279 e. The molecule has 0 aliphatic rings. The zero-order valence-electron chi connectivity index (χ0n) is 10.6. The summed E-state index contributed by atoms with van der Waals surface area (Å²) < 4.78 is 52.2. The minimum absolute atomic E-state index is 0.166. The van der Waals surface area contributed by atoms with Crippen molar-refractivity contribution in [3.8, 4) is 0 Å². The standard InChI is InChI=1S/C12H7ClF2N2O4S/c13-11-2-1-9(6-12(11)17(18)19)16-22(20,21)10-4-7(14)3-8(15)5-10/h1-6,16H. The number of nitro benzene ring substituents is 1. The van der Waals surface area contributed by atoms with Crippen LogP contribution in [0.5, 0.6) is 0 Å². The van der Waals surface area contributed by atoms with Crippen LogP contribution in [0.15, 0.2) is 41.3 Å². The smallest absolute Gasteiger partial charge is 0.279 e. The maximum atomic E-state index is 13.1. The van der Waals surface area contributed by atoms with Crippen molar-refractivity contribution >= 4 is 33.0 Å². The fraction of sp³-hybridized carbons (Fsp3) is 0. The van der Waals surface area contributed by atoms with E-state index in [1.54, 1.807) is 0 Å². The van der Waals surface area contributed by atoms with E-state index >= 15 is 0 Å². The molecule has 0 amide bonds. The van der Waals surface area contributed by atoms with E-state index in [1.165, 1.54) is 6.07 Å². The molecule has 10 heteroatoms. The average Bonchev–Trinajstić information content (AvgIpc) is 2.39. The molecule has 0 spiro atoms. The zero-order chi connectivity index (χ0) is 16.5. The maximum absolute atomic E-state index is 13.1. The summed E-state index contributed by atoms with van der Waals surface area (Å²) in [6, 6.07) is 4.97. The van der Waals surface area contributed by atoms with Gasteiger partial charge >= 0.3 is 0 Å². The van der Waals surface area contributed by atoms with Crippen LogP contribution in [0.2, 0.25) is 5.02 Å². The fourth-order valence-electron chi connectivity index (χ4n) is 1.61. The number of hydrogen-bond acceptors (Lipinski definition) is 4. The number of benzene rings is 2. The topological polar surface area (TPSA) is 89.3 Å². The van der Waals surface area contributed by atoms with Crippen LogP contribution >= 0.6 is 11.6 Å². The van der Waals surface area contributed by atoms with Crippen LogP contribution in [0.25, 0.3) is 0 Å². The Hall–Kier alpha value is -2.26. The summed E-state index contributed by atoms with van der Waals surface area (Å²) in [5.74, 6) is -2.13. The lowest BCUT2D eigenvalue weighted by Crippen LogP contribution is -2.13. The van der Waals surface area contributed by atoms with E-state index < -0.39 is 37.2 Å². The molecule has 0 heterocycles. The van der Waals surface area contributed by atoms with Crippen molar-refractivity contribution < 1.29 is 22.1 Å². The highest BCUT2D eigenvalue weighted by Crippen LogP contribution is 2.28. The van der Waals surface area contributed by atoms with Crippen LogP contribution in [0, 0.1) is 21.7 Å². The molecule has 0 atom stereocenters. The lowest BCUT2D eigenvalue weighted by molar-refractivity contribution is -0.384. The van der Waals surface area contributed by atoms with Gasteiger partial charge in [0.2, 0.25) is 0 Å². The second-order valence-corrected chi connectivity index (χ2v) is 6.22. The van der Waals surface area contributed by atoms with Gasteiger partial charge in [-0.25, -0.2) is 17.2 Å². The van der Waals surface area contributed by atoms with E-state index in [4.69, 9.17) is 11.6 Å². The van der Waals surface area contributed by atoms with Crippen LogP contribution in [-0.4, -0.2) is 13.3 Å². The number of rotatable bonds is 4. The molecule has 0 fully saturated rings. The van der Waals surface area contributed by atoms with Gasteiger partial charge in [0.1, 0.15) is 16.7 Å². The molecule has 0 radical (unpaired) electrons. The summed E-state index contributed by atoms with van der Waals surface area (Å²) in [4.78, 5) is 9.30. The monoisotopic (exact) mass is 348 g/mol. The third kappa shape index (κ3) is 3.49. The molecule has 0 bridgehead atoms. The van der Waals surface area contributed by atoms with E-state index in [-0.39, 0.29) is 10.7 Å². The molecule has 2 rings (SSSR count). The number of nitrogens with one attached hydrogen (secondary N) is 1. The molecular formula is C12H7ClF2N2O4S. The number of halogens is 3. The molecule has 22 heavy (non-hydrogen) atoms. The van der Waals surface area contributed by atoms with E-state index in [9.17, 15) is 27.3 Å². The van der Waals surface area contributed by atoms with Gasteiger partial charge in [-0.15, -0.1) is 0 Å². The molecule has 0 saturated carbocycles. The highest BCUT2D eigenvalue weighted by atomic mass is 35.5. The van der Waals surface area contributed by atoms with Crippen molar-refractivity contribution in [1.29, 1.82) is 0 Å². The fourth-order valence-corrected chi connectivity index (χ4v) is 2.89. The largest absolute Gasteiger partial charge is 0.289 e. The van der Waals surface area contributed by atoms with Gasteiger partial charge in [-0.1, -0.05) is 11.6 Å². The summed E-state index contributed by atoms with van der Waals surface area (Å²) in [6.07, 6.45) is 0. The van der Waals surface area contributed by atoms with Crippen LogP contribution in [0.1, 0.15) is 0 Å². The molecule has 0 saturated heterocycles. The van der Waals surface area contributed by atoms with Crippen molar-refractivity contribution in [3.05, 3.63) is 63.2 Å². The Morgan fingerprint density at radius 3 is 2.23 bits per heavy atom. The first-order chi connectivity index (χ1) is 10.2. The first kappa shape index (κ1) is 16.1. The SMILES string of the molecule is O=[N+]([O-])c1cc(NS(=O)(=O)c2cc(F)cc(F)c2)ccc1Cl. The lowest BCUT2D eigenvalue weighted by atomic mass is 10.3. The predicted molar refractivity (Wildman–Crippen MR) is 75.3 cm³/mol. The number of nitro groups is 1. The third-order valence-corrected chi connectivity index (χ3v) is 4.22. The van der Waals surface area contributed by atoms with Crippen molar-refractivity contribution in [1.82, 2.24) is 0 Å². The number of hydrogen-bond donors (Lipinski definition) is 1. The highest BCUT2D eigenvalue weighted by Gasteiger charge is 2.19. The normalized spacial score (nSPS) is 11.2. The average molecular weight is 349 g/mol. The zero-order valence-corrected chi connectivity index (χ0v) is 12.2. The van der Waals surface area contributed by atoms with Crippen molar-refractivity contribution in [2.24, 2.45) is 0 Å². The van der Waals surface area contributed by atoms with Gasteiger partial charge in [0.15, 0.2) is 0 Å². The molecule has 2 aromatic carbocycles. The Morgan fingerprint density at radius 1 is 1.09 bits per heavy atom. The van der Waals surface area contributed by atoms with Gasteiger partial charge in [-0.05, 0) is 24.3 Å². The van der Waals surface area contributed by atoms with Crippen LogP contribution < -0.4 is 4.72 Å². The van der Waals surface area contributed by atoms with Gasteiger partial charge in [0.05, 0.1) is 15.5 Å². The molecule has 2 aromatic rings. The van der Waals surface area contributed by atoms with Gasteiger partial charge < -0.3 is 0 Å². The van der Waals surface area contributed by atoms with Gasteiger partial charge in [0.25, 0.3) is 15.7 Å². The van der Waals surface area contributed by atoms with E-state index in [0.29, 0.717) is 18.2 Å². The van der Waals surface area contributed by atoms with Crippen molar-refractivity contribution in [2.45, 2.75) is 4.90 Å². The Morgan fingerprint density at radius 2 is 1.68 bits per heavy atom. The van der Waals surface area contributed by atoms with E-state index in [2.05, 4.69) is 0 Å². The van der Waals surface area contributed by atoms with Gasteiger partial charge in [-0.3, -0.25) is 14.8 Å². The molecular weight excluding hydrogens is 342 g/mol. The summed E-state index contributed by atoms with van der Waals surface area (Å²) in [7, 11) is -4.31. The quantitative estimate of drug-likeness (QED) is 0.678. The second kappa shape index (κ2) is 5.85. The summed E-state index contributed by atoms with van der Waals surface area (Å²) in [6.45, 7) is 0. The first-order valence-electron chi connectivity index (χ1n) is 5.62. The molecule has 0 unspecified atom stereocenters. The molecule has 6 nitrogen and oxygen atoms in total. The Kier molecular flexibility index (Phi) is 4.29. The third-order valence-electron chi connectivity index (χ3n) is 2.54. The van der Waals surface area contributed by atoms with Crippen molar-refractivity contribution in [2.75, 3.05) is 4.72 Å². The number of sulfonamides is 1. The minimum atomic E-state index is -4.31. The summed E-state index contributed by atoms with van der Waals surface area (Å²) >= 11 is 5.60.